The fraction of sp³-hybridized carbons (Fsp3) is 0.833. The normalized spacial score (nSPS) is 46.6. The van der Waals surface area contributed by atoms with E-state index in [0.717, 1.165) is 29.9 Å². The van der Waals surface area contributed by atoms with Crippen molar-refractivity contribution in [1.82, 2.24) is 9.55 Å². The second-order valence-electron chi connectivity index (χ2n) is 16.9. The zero-order valence-corrected chi connectivity index (χ0v) is 27.2. The van der Waals surface area contributed by atoms with Crippen molar-refractivity contribution in [2.45, 2.75) is 119 Å². The van der Waals surface area contributed by atoms with E-state index >= 15 is 0 Å². The monoisotopic (exact) mass is 564 g/mol. The summed E-state index contributed by atoms with van der Waals surface area (Å²) >= 11 is 0. The van der Waals surface area contributed by atoms with Crippen LogP contribution in [0.4, 0.5) is 4.79 Å². The number of imidazole rings is 1. The molecule has 1 aromatic rings. The zero-order chi connectivity index (χ0) is 29.8. The third-order valence-corrected chi connectivity index (χ3v) is 15.2. The van der Waals surface area contributed by atoms with Gasteiger partial charge in [-0.2, -0.15) is 0 Å². The first-order chi connectivity index (χ1) is 19.1. The predicted octanol–water partition coefficient (Wildman–Crippen LogP) is 9.11. The van der Waals surface area contributed by atoms with Gasteiger partial charge in [-0.05, 0) is 133 Å². The van der Waals surface area contributed by atoms with Crippen LogP contribution in [0.5, 0.6) is 0 Å². The maximum absolute atomic E-state index is 11.8. The SMILES string of the molecule is C=C(COC)[C@@H]1CC[C@]2(C)CC[C@]3(C)[C@H](CC[C@@H]4[C@@]5(C)CC[C@H](c6cn(C(=O)O)c(C)n6)C(C)(C)[C@@H]5CC[C@]43C)[C@@H]12. The topological polar surface area (TPSA) is 64.3 Å². The molecule has 41 heavy (non-hydrogen) atoms. The number of hydrogen-bond donors (Lipinski definition) is 1. The molecule has 0 aliphatic heterocycles. The van der Waals surface area contributed by atoms with Crippen LogP contribution >= 0.6 is 0 Å². The lowest BCUT2D eigenvalue weighted by Gasteiger charge is -2.73. The summed E-state index contributed by atoms with van der Waals surface area (Å²) in [5, 5.41) is 9.67. The average molecular weight is 565 g/mol. The summed E-state index contributed by atoms with van der Waals surface area (Å²) in [7, 11) is 1.82. The summed E-state index contributed by atoms with van der Waals surface area (Å²) in [6.45, 7) is 22.8. The van der Waals surface area contributed by atoms with Gasteiger partial charge in [-0.15, -0.1) is 0 Å². The molecule has 10 atom stereocenters. The maximum Gasteiger partial charge on any atom is 0.416 e. The highest BCUT2D eigenvalue weighted by Gasteiger charge is 2.70. The van der Waals surface area contributed by atoms with E-state index in [0.29, 0.717) is 51.8 Å². The van der Waals surface area contributed by atoms with Gasteiger partial charge >= 0.3 is 6.09 Å². The lowest BCUT2D eigenvalue weighted by atomic mass is 9.32. The number of nitrogens with zero attached hydrogens (tertiary/aromatic N) is 2. The van der Waals surface area contributed by atoms with Crippen LogP contribution in [0.25, 0.3) is 0 Å². The highest BCUT2D eigenvalue weighted by atomic mass is 16.5. The molecule has 0 bridgehead atoms. The Morgan fingerprint density at radius 3 is 2.37 bits per heavy atom. The van der Waals surface area contributed by atoms with E-state index in [1.165, 1.54) is 67.9 Å². The second-order valence-corrected chi connectivity index (χ2v) is 16.9. The largest absolute Gasteiger partial charge is 0.464 e. The van der Waals surface area contributed by atoms with Crippen LogP contribution < -0.4 is 0 Å². The van der Waals surface area contributed by atoms with E-state index in [4.69, 9.17) is 9.72 Å². The van der Waals surface area contributed by atoms with E-state index in [9.17, 15) is 9.90 Å². The van der Waals surface area contributed by atoms with Crippen molar-refractivity contribution in [3.8, 4) is 0 Å². The lowest BCUT2D eigenvalue weighted by molar-refractivity contribution is -0.237. The number of rotatable bonds is 4. The molecule has 5 fully saturated rings. The van der Waals surface area contributed by atoms with Gasteiger partial charge in [0.05, 0.1) is 12.3 Å². The minimum absolute atomic E-state index is 0.0792. The molecule has 0 unspecified atom stereocenters. The number of hydrogen-bond acceptors (Lipinski definition) is 3. The zero-order valence-electron chi connectivity index (χ0n) is 27.2. The number of fused-ring (bicyclic) bond motifs is 7. The van der Waals surface area contributed by atoms with Crippen LogP contribution in [0.2, 0.25) is 0 Å². The molecular formula is C36H56N2O3. The number of methoxy groups -OCH3 is 1. The van der Waals surface area contributed by atoms with Gasteiger partial charge in [0, 0.05) is 19.2 Å². The molecule has 0 amide bonds. The van der Waals surface area contributed by atoms with Crippen LogP contribution in [-0.2, 0) is 4.74 Å². The second kappa shape index (κ2) is 9.44. The molecule has 5 heteroatoms. The third-order valence-electron chi connectivity index (χ3n) is 15.2. The Morgan fingerprint density at radius 2 is 1.71 bits per heavy atom. The van der Waals surface area contributed by atoms with Crippen LogP contribution in [-0.4, -0.2) is 34.5 Å². The summed E-state index contributed by atoms with van der Waals surface area (Å²) in [4.78, 5) is 16.6. The van der Waals surface area contributed by atoms with Crippen molar-refractivity contribution in [2.24, 2.45) is 56.7 Å². The first-order valence-electron chi connectivity index (χ1n) is 16.6. The first-order valence-corrected chi connectivity index (χ1v) is 16.6. The van der Waals surface area contributed by atoms with Crippen LogP contribution in [0, 0.1) is 63.6 Å². The maximum atomic E-state index is 11.8. The molecule has 0 radical (unpaired) electrons. The summed E-state index contributed by atoms with van der Waals surface area (Å²) in [5.74, 6) is 4.37. The minimum Gasteiger partial charge on any atom is -0.464 e. The Balaban J connectivity index is 1.32. The fourth-order valence-corrected chi connectivity index (χ4v) is 13.1. The highest BCUT2D eigenvalue weighted by molar-refractivity contribution is 5.68. The summed E-state index contributed by atoms with van der Waals surface area (Å²) in [6, 6.07) is 0. The molecule has 5 aliphatic rings. The van der Waals surface area contributed by atoms with E-state index in [1.54, 1.807) is 6.20 Å². The molecule has 228 valence electrons. The van der Waals surface area contributed by atoms with Crippen molar-refractivity contribution in [3.63, 3.8) is 0 Å². The molecule has 5 saturated carbocycles. The lowest BCUT2D eigenvalue weighted by Crippen LogP contribution is -2.65. The Hall–Kier alpha value is -1.62. The van der Waals surface area contributed by atoms with Gasteiger partial charge in [0.1, 0.15) is 5.82 Å². The van der Waals surface area contributed by atoms with Crippen LogP contribution in [0.3, 0.4) is 0 Å². The van der Waals surface area contributed by atoms with Crippen LogP contribution in [0.15, 0.2) is 18.3 Å². The van der Waals surface area contributed by atoms with Crippen LogP contribution in [0.1, 0.15) is 123 Å². The minimum atomic E-state index is -0.933. The quantitative estimate of drug-likeness (QED) is 0.370. The number of carbonyl (C=O) groups is 1. The molecule has 1 heterocycles. The molecule has 6 rings (SSSR count). The van der Waals surface area contributed by atoms with Crippen molar-refractivity contribution in [3.05, 3.63) is 29.9 Å². The van der Waals surface area contributed by atoms with E-state index in [2.05, 4.69) is 48.1 Å². The number of aryl methyl sites for hydroxylation is 1. The molecule has 0 saturated heterocycles. The van der Waals surface area contributed by atoms with Crippen molar-refractivity contribution in [1.29, 1.82) is 0 Å². The first kappa shape index (κ1) is 29.5. The fourth-order valence-electron chi connectivity index (χ4n) is 13.1. The summed E-state index contributed by atoms with van der Waals surface area (Å²) in [5.41, 5.74) is 3.87. The van der Waals surface area contributed by atoms with Gasteiger partial charge < -0.3 is 9.84 Å². The smallest absolute Gasteiger partial charge is 0.416 e. The average Bonchev–Trinajstić information content (AvgIpc) is 3.44. The third kappa shape index (κ3) is 3.88. The number of aromatic nitrogens is 2. The van der Waals surface area contributed by atoms with E-state index in [1.807, 2.05) is 14.0 Å². The van der Waals surface area contributed by atoms with Gasteiger partial charge in [-0.25, -0.2) is 14.3 Å². The van der Waals surface area contributed by atoms with Gasteiger partial charge in [0.25, 0.3) is 0 Å². The van der Waals surface area contributed by atoms with Gasteiger partial charge in [0.15, 0.2) is 0 Å². The van der Waals surface area contributed by atoms with Gasteiger partial charge in [-0.1, -0.05) is 48.1 Å². The van der Waals surface area contributed by atoms with E-state index < -0.39 is 6.09 Å². The molecular weight excluding hydrogens is 508 g/mol. The number of ether oxygens (including phenoxy) is 1. The van der Waals surface area contributed by atoms with Gasteiger partial charge in [0.2, 0.25) is 0 Å². The molecule has 5 nitrogen and oxygen atoms in total. The molecule has 5 aliphatic carbocycles. The van der Waals surface area contributed by atoms with Crippen molar-refractivity contribution < 1.29 is 14.6 Å². The molecule has 0 aromatic carbocycles. The highest BCUT2D eigenvalue weighted by Crippen LogP contribution is 2.78. The standard InChI is InChI=1S/C36H56N2O3/c1-22(21-41-9)24-12-15-33(5)18-19-35(7)26(30(24)33)10-11-29-34(6)16-13-25(27-20-38(31(39)40)23(2)37-27)32(3,4)28(34)14-17-36(29,35)8/h20,24-26,28-30H,1,10-19,21H2,2-9H3,(H,39,40)/t24-,25+,26+,28-,29+,30+,33+,34-,35+,36+/m0/s1. The van der Waals surface area contributed by atoms with Crippen molar-refractivity contribution >= 4 is 6.09 Å². The number of carboxylic acid groups (broad SMARTS) is 1. The van der Waals surface area contributed by atoms with Gasteiger partial charge in [-0.3, -0.25) is 0 Å². The van der Waals surface area contributed by atoms with Crippen molar-refractivity contribution in [2.75, 3.05) is 13.7 Å². The Labute approximate surface area is 248 Å². The Morgan fingerprint density at radius 1 is 0.976 bits per heavy atom. The summed E-state index contributed by atoms with van der Waals surface area (Å²) in [6.07, 6.45) is 13.9. The van der Waals surface area contributed by atoms with E-state index in [-0.39, 0.29) is 5.41 Å². The Kier molecular flexibility index (Phi) is 6.78. The molecule has 1 aromatic heterocycles. The Bertz CT molecular complexity index is 1230. The molecule has 0 spiro atoms. The summed E-state index contributed by atoms with van der Waals surface area (Å²) < 4.78 is 6.93. The molecule has 1 N–H and O–H groups in total. The predicted molar refractivity (Wildman–Crippen MR) is 164 cm³/mol.